The number of carboxylic acid groups (broad SMARTS) is 1. The van der Waals surface area contributed by atoms with Crippen molar-refractivity contribution in [3.63, 3.8) is 0 Å². The van der Waals surface area contributed by atoms with E-state index in [1.165, 1.54) is 12.8 Å². The first-order valence-electron chi connectivity index (χ1n) is 7.01. The average Bonchev–Trinajstić information content (AvgIpc) is 2.38. The molecular weight excluding hydrogens is 228 g/mol. The van der Waals surface area contributed by atoms with E-state index in [2.05, 4.69) is 24.1 Å². The fourth-order valence-corrected chi connectivity index (χ4v) is 2.52. The molecule has 1 fully saturated rings. The second-order valence-electron chi connectivity index (χ2n) is 6.53. The number of likely N-dealkylation sites (tertiary alicyclic amines) is 1. The zero-order valence-corrected chi connectivity index (χ0v) is 12.2. The molecule has 4 nitrogen and oxygen atoms in total. The summed E-state index contributed by atoms with van der Waals surface area (Å²) >= 11 is 0. The lowest BCUT2D eigenvalue weighted by atomic mass is 9.85. The molecule has 0 amide bonds. The summed E-state index contributed by atoms with van der Waals surface area (Å²) in [5.41, 5.74) is 0.402. The van der Waals surface area contributed by atoms with Crippen LogP contribution in [0.3, 0.4) is 0 Å². The molecule has 2 N–H and O–H groups in total. The maximum atomic E-state index is 11.2. The van der Waals surface area contributed by atoms with Crippen LogP contribution in [0, 0.1) is 5.41 Å². The molecule has 0 aromatic carbocycles. The lowest BCUT2D eigenvalue weighted by molar-refractivity contribution is -0.140. The van der Waals surface area contributed by atoms with Gasteiger partial charge in [-0.3, -0.25) is 4.79 Å². The first kappa shape index (κ1) is 15.4. The molecule has 1 heterocycles. The minimum Gasteiger partial charge on any atom is -0.480 e. The Morgan fingerprint density at radius 1 is 1.33 bits per heavy atom. The summed E-state index contributed by atoms with van der Waals surface area (Å²) in [5, 5.41) is 12.4. The summed E-state index contributed by atoms with van der Waals surface area (Å²) in [6, 6.07) is -0.249. The fourth-order valence-electron chi connectivity index (χ4n) is 2.52. The molecule has 0 bridgehead atoms. The van der Waals surface area contributed by atoms with Gasteiger partial charge >= 0.3 is 5.97 Å². The molecule has 0 aromatic rings. The van der Waals surface area contributed by atoms with Crippen molar-refractivity contribution in [2.75, 3.05) is 19.6 Å². The number of hydrogen-bond acceptors (Lipinski definition) is 3. The molecule has 0 aromatic heterocycles. The monoisotopic (exact) mass is 256 g/mol. The first-order valence-corrected chi connectivity index (χ1v) is 7.01. The van der Waals surface area contributed by atoms with E-state index < -0.39 is 12.0 Å². The molecule has 1 unspecified atom stereocenters. The molecule has 0 spiro atoms. The van der Waals surface area contributed by atoms with E-state index in [1.807, 2.05) is 13.8 Å². The van der Waals surface area contributed by atoms with E-state index in [0.717, 1.165) is 19.5 Å². The Bertz CT molecular complexity index is 277. The Morgan fingerprint density at radius 2 is 2.00 bits per heavy atom. The minimum atomic E-state index is -0.743. The van der Waals surface area contributed by atoms with Gasteiger partial charge in [-0.15, -0.1) is 0 Å². The van der Waals surface area contributed by atoms with Crippen molar-refractivity contribution in [3.8, 4) is 0 Å². The van der Waals surface area contributed by atoms with Crippen LogP contribution < -0.4 is 5.32 Å². The number of nitrogens with one attached hydrogen (secondary N) is 1. The van der Waals surface area contributed by atoms with Crippen LogP contribution in [0.4, 0.5) is 0 Å². The Morgan fingerprint density at radius 3 is 2.56 bits per heavy atom. The van der Waals surface area contributed by atoms with Gasteiger partial charge in [-0.05, 0) is 37.8 Å². The molecule has 1 aliphatic rings. The number of carboxylic acids is 1. The predicted molar refractivity (Wildman–Crippen MR) is 73.8 cm³/mol. The van der Waals surface area contributed by atoms with Crippen molar-refractivity contribution in [1.82, 2.24) is 10.2 Å². The first-order chi connectivity index (χ1) is 8.30. The van der Waals surface area contributed by atoms with Crippen molar-refractivity contribution < 1.29 is 9.90 Å². The maximum absolute atomic E-state index is 11.2. The zero-order chi connectivity index (χ0) is 13.8. The number of rotatable bonds is 5. The third-order valence-electron chi connectivity index (χ3n) is 3.71. The molecule has 1 saturated heterocycles. The van der Waals surface area contributed by atoms with Crippen molar-refractivity contribution in [3.05, 3.63) is 0 Å². The Balaban J connectivity index is 2.51. The zero-order valence-electron chi connectivity index (χ0n) is 12.2. The number of carbonyl (C=O) groups is 1. The molecule has 0 radical (unpaired) electrons. The summed E-state index contributed by atoms with van der Waals surface area (Å²) in [6.07, 6.45) is 3.56. The Hall–Kier alpha value is -0.610. The van der Waals surface area contributed by atoms with Crippen LogP contribution in [0.5, 0.6) is 0 Å². The number of hydrogen-bond donors (Lipinski definition) is 2. The van der Waals surface area contributed by atoms with E-state index in [0.29, 0.717) is 12.0 Å². The lowest BCUT2D eigenvalue weighted by Crippen LogP contribution is -2.48. The van der Waals surface area contributed by atoms with E-state index in [9.17, 15) is 9.90 Å². The third kappa shape index (κ3) is 5.36. The molecule has 18 heavy (non-hydrogen) atoms. The summed E-state index contributed by atoms with van der Waals surface area (Å²) in [4.78, 5) is 13.5. The second-order valence-corrected chi connectivity index (χ2v) is 6.53. The maximum Gasteiger partial charge on any atom is 0.322 e. The van der Waals surface area contributed by atoms with Crippen LogP contribution in [-0.4, -0.2) is 47.7 Å². The molecular formula is C14H28N2O2. The molecule has 4 heteroatoms. The topological polar surface area (TPSA) is 52.6 Å². The van der Waals surface area contributed by atoms with Crippen LogP contribution in [0.1, 0.15) is 47.0 Å². The van der Waals surface area contributed by atoms with E-state index in [1.54, 1.807) is 0 Å². The molecule has 0 aliphatic carbocycles. The summed E-state index contributed by atoms with van der Waals surface area (Å²) in [7, 11) is 0. The standard InChI is InChI=1S/C14H28N2O2/c1-11(2)15-12(13(17)18)10-16-8-5-6-14(3,4)7-9-16/h11-12,15H,5-10H2,1-4H3,(H,17,18). The molecule has 1 atom stereocenters. The second kappa shape index (κ2) is 6.53. The van der Waals surface area contributed by atoms with Gasteiger partial charge in [0, 0.05) is 12.6 Å². The van der Waals surface area contributed by atoms with Gasteiger partial charge in [-0.25, -0.2) is 0 Å². The van der Waals surface area contributed by atoms with Gasteiger partial charge in [0.2, 0.25) is 0 Å². The Kier molecular flexibility index (Phi) is 5.60. The summed E-state index contributed by atoms with van der Waals surface area (Å²) in [6.45, 7) is 11.2. The molecule has 1 aliphatic heterocycles. The summed E-state index contributed by atoms with van der Waals surface area (Å²) < 4.78 is 0. The number of nitrogens with zero attached hydrogens (tertiary/aromatic N) is 1. The molecule has 1 rings (SSSR count). The van der Waals surface area contributed by atoms with Crippen LogP contribution in [-0.2, 0) is 4.79 Å². The van der Waals surface area contributed by atoms with Crippen LogP contribution >= 0.6 is 0 Å². The van der Waals surface area contributed by atoms with Gasteiger partial charge in [-0.1, -0.05) is 27.7 Å². The van der Waals surface area contributed by atoms with Crippen molar-refractivity contribution >= 4 is 5.97 Å². The summed E-state index contributed by atoms with van der Waals surface area (Å²) in [5.74, 6) is -0.743. The third-order valence-corrected chi connectivity index (χ3v) is 3.71. The fraction of sp³-hybridized carbons (Fsp3) is 0.929. The van der Waals surface area contributed by atoms with E-state index in [4.69, 9.17) is 0 Å². The van der Waals surface area contributed by atoms with Crippen LogP contribution in [0.2, 0.25) is 0 Å². The van der Waals surface area contributed by atoms with Crippen molar-refractivity contribution in [2.24, 2.45) is 5.41 Å². The van der Waals surface area contributed by atoms with E-state index in [-0.39, 0.29) is 6.04 Å². The van der Waals surface area contributed by atoms with Gasteiger partial charge in [0.25, 0.3) is 0 Å². The highest BCUT2D eigenvalue weighted by molar-refractivity contribution is 5.73. The van der Waals surface area contributed by atoms with E-state index >= 15 is 0 Å². The highest BCUT2D eigenvalue weighted by Gasteiger charge is 2.26. The Labute approximate surface area is 111 Å². The van der Waals surface area contributed by atoms with Gasteiger partial charge in [-0.2, -0.15) is 0 Å². The van der Waals surface area contributed by atoms with Gasteiger partial charge in [0.15, 0.2) is 0 Å². The smallest absolute Gasteiger partial charge is 0.322 e. The van der Waals surface area contributed by atoms with Crippen LogP contribution in [0.25, 0.3) is 0 Å². The average molecular weight is 256 g/mol. The van der Waals surface area contributed by atoms with Gasteiger partial charge in [0.1, 0.15) is 6.04 Å². The van der Waals surface area contributed by atoms with Crippen LogP contribution in [0.15, 0.2) is 0 Å². The quantitative estimate of drug-likeness (QED) is 0.789. The molecule has 0 saturated carbocycles. The highest BCUT2D eigenvalue weighted by Crippen LogP contribution is 2.29. The lowest BCUT2D eigenvalue weighted by Gasteiger charge is -2.26. The van der Waals surface area contributed by atoms with Gasteiger partial charge in [0.05, 0.1) is 0 Å². The van der Waals surface area contributed by atoms with Crippen molar-refractivity contribution in [2.45, 2.75) is 59.0 Å². The largest absolute Gasteiger partial charge is 0.480 e. The normalized spacial score (nSPS) is 22.7. The highest BCUT2D eigenvalue weighted by atomic mass is 16.4. The molecule has 106 valence electrons. The minimum absolute atomic E-state index is 0.203. The predicted octanol–water partition coefficient (Wildman–Crippen LogP) is 1.95. The van der Waals surface area contributed by atoms with Crippen molar-refractivity contribution in [1.29, 1.82) is 0 Å². The van der Waals surface area contributed by atoms with Gasteiger partial charge < -0.3 is 15.3 Å². The SMILES string of the molecule is CC(C)NC(CN1CCCC(C)(C)CC1)C(=O)O. The number of aliphatic carboxylic acids is 1.